The minimum absolute atomic E-state index is 0.0929. The Bertz CT molecular complexity index is 2380. The Labute approximate surface area is 269 Å². The van der Waals surface area contributed by atoms with E-state index in [2.05, 4.69) is 114 Å². The average molecular weight is 606 g/mol. The van der Waals surface area contributed by atoms with Crippen LogP contribution >= 0.6 is 0 Å². The molecule has 8 rings (SSSR count). The summed E-state index contributed by atoms with van der Waals surface area (Å²) in [6.45, 7) is 17.9. The predicted molar refractivity (Wildman–Crippen MR) is 189 cm³/mol. The summed E-state index contributed by atoms with van der Waals surface area (Å²) in [5.41, 5.74) is 11.2. The highest BCUT2D eigenvalue weighted by Gasteiger charge is 2.48. The van der Waals surface area contributed by atoms with E-state index in [0.717, 1.165) is 78.0 Å². The van der Waals surface area contributed by atoms with Gasteiger partial charge in [0.05, 0.1) is 33.5 Å². The van der Waals surface area contributed by atoms with Crippen molar-refractivity contribution in [3.8, 4) is 39.5 Å². The molecule has 4 heterocycles. The lowest BCUT2D eigenvalue weighted by atomic mass is 9.65. The maximum atomic E-state index is 11.2. The summed E-state index contributed by atoms with van der Waals surface area (Å²) in [4.78, 5) is 10.4. The summed E-state index contributed by atoms with van der Waals surface area (Å²) >= 11 is 0. The molecule has 5 heteroatoms. The molecule has 4 aromatic carbocycles. The quantitative estimate of drug-likeness (QED) is 0.213. The third-order valence-electron chi connectivity index (χ3n) is 10.7. The lowest BCUT2D eigenvalue weighted by molar-refractivity contribution is 0.201. The van der Waals surface area contributed by atoms with Gasteiger partial charge in [0.2, 0.25) is 0 Å². The van der Waals surface area contributed by atoms with Gasteiger partial charge >= 0.3 is 0 Å². The number of para-hydroxylation sites is 2. The van der Waals surface area contributed by atoms with Crippen LogP contribution < -0.4 is 0 Å². The van der Waals surface area contributed by atoms with E-state index in [0.29, 0.717) is 0 Å². The number of phenols is 1. The standard InChI is InChI=1S/C41H39N3O2/c1-23-37-29(28-13-9-10-18-34(28)46-37)22-31(42-23)25-19-24(20-26(21-25)39(2,3)4)27-14-11-16-32-36(27)43-38-35-30(15-12-17-33(35)45)40(5,6)41(7,8)44(32)38/h9-22,45H,1-8H3. The van der Waals surface area contributed by atoms with E-state index in [-0.39, 0.29) is 22.1 Å². The maximum Gasteiger partial charge on any atom is 0.156 e. The number of nitrogens with zero attached hydrogens (tertiary/aromatic N) is 3. The predicted octanol–water partition coefficient (Wildman–Crippen LogP) is 10.7. The molecule has 230 valence electrons. The Morgan fingerprint density at radius 2 is 1.52 bits per heavy atom. The molecule has 0 radical (unpaired) electrons. The first-order valence-corrected chi connectivity index (χ1v) is 16.1. The summed E-state index contributed by atoms with van der Waals surface area (Å²) in [5, 5.41) is 13.4. The van der Waals surface area contributed by atoms with Crippen LogP contribution in [0.5, 0.6) is 5.75 Å². The fourth-order valence-electron chi connectivity index (χ4n) is 7.36. The monoisotopic (exact) mass is 605 g/mol. The van der Waals surface area contributed by atoms with Crippen LogP contribution in [0.2, 0.25) is 0 Å². The number of aryl methyl sites for hydroxylation is 1. The molecule has 0 saturated carbocycles. The molecule has 0 aliphatic carbocycles. The van der Waals surface area contributed by atoms with Crippen LogP contribution in [0.15, 0.2) is 89.3 Å². The van der Waals surface area contributed by atoms with Crippen LogP contribution in [0, 0.1) is 6.92 Å². The van der Waals surface area contributed by atoms with Gasteiger partial charge in [-0.2, -0.15) is 0 Å². The first kappa shape index (κ1) is 28.6. The zero-order valence-corrected chi connectivity index (χ0v) is 27.8. The van der Waals surface area contributed by atoms with E-state index >= 15 is 0 Å². The zero-order chi connectivity index (χ0) is 32.3. The van der Waals surface area contributed by atoms with E-state index in [1.165, 1.54) is 5.56 Å². The van der Waals surface area contributed by atoms with E-state index in [4.69, 9.17) is 14.4 Å². The molecule has 1 aliphatic heterocycles. The Kier molecular flexibility index (Phi) is 5.79. The van der Waals surface area contributed by atoms with Crippen molar-refractivity contribution in [1.29, 1.82) is 0 Å². The molecule has 3 aromatic heterocycles. The molecule has 0 fully saturated rings. The number of aromatic hydroxyl groups is 1. The van der Waals surface area contributed by atoms with Gasteiger partial charge in [-0.15, -0.1) is 0 Å². The molecule has 0 bridgehead atoms. The highest BCUT2D eigenvalue weighted by molar-refractivity contribution is 6.06. The number of benzene rings is 4. The second-order valence-corrected chi connectivity index (χ2v) is 14.9. The summed E-state index contributed by atoms with van der Waals surface area (Å²) in [6, 6.07) is 29.5. The van der Waals surface area contributed by atoms with Crippen LogP contribution in [0.4, 0.5) is 0 Å². The van der Waals surface area contributed by atoms with Gasteiger partial charge in [0, 0.05) is 27.3 Å². The minimum Gasteiger partial charge on any atom is -0.507 e. The van der Waals surface area contributed by atoms with Crippen molar-refractivity contribution in [2.24, 2.45) is 0 Å². The summed E-state index contributed by atoms with van der Waals surface area (Å²) < 4.78 is 8.55. The smallest absolute Gasteiger partial charge is 0.156 e. The number of hydrogen-bond donors (Lipinski definition) is 1. The third kappa shape index (κ3) is 3.87. The number of rotatable bonds is 2. The Morgan fingerprint density at radius 1 is 0.783 bits per heavy atom. The molecule has 46 heavy (non-hydrogen) atoms. The number of fused-ring (bicyclic) bond motifs is 8. The molecule has 0 amide bonds. The van der Waals surface area contributed by atoms with Crippen molar-refractivity contribution < 1.29 is 9.52 Å². The SMILES string of the molecule is Cc1nc(-c2cc(-c3cccc4c3nc3n4C(C)(C)C(C)(C)c4cccc(O)c4-3)cc(C(C)(C)C)c2)cc2c1oc1ccccc12. The lowest BCUT2D eigenvalue weighted by Gasteiger charge is -2.48. The summed E-state index contributed by atoms with van der Waals surface area (Å²) in [5.74, 6) is 1.07. The fourth-order valence-corrected chi connectivity index (χ4v) is 7.36. The van der Waals surface area contributed by atoms with E-state index in [1.807, 2.05) is 25.1 Å². The van der Waals surface area contributed by atoms with Crippen molar-refractivity contribution in [2.45, 2.75) is 71.8 Å². The normalized spacial score (nSPS) is 15.4. The summed E-state index contributed by atoms with van der Waals surface area (Å²) in [7, 11) is 0. The van der Waals surface area contributed by atoms with Gasteiger partial charge < -0.3 is 14.1 Å². The second kappa shape index (κ2) is 9.32. The van der Waals surface area contributed by atoms with Gasteiger partial charge in [-0.1, -0.05) is 83.1 Å². The first-order chi connectivity index (χ1) is 21.8. The molecule has 1 aliphatic rings. The van der Waals surface area contributed by atoms with Gasteiger partial charge in [-0.3, -0.25) is 0 Å². The number of pyridine rings is 1. The molecule has 0 saturated heterocycles. The largest absolute Gasteiger partial charge is 0.507 e. The molecule has 0 unspecified atom stereocenters. The lowest BCUT2D eigenvalue weighted by Crippen LogP contribution is -2.48. The molecular weight excluding hydrogens is 566 g/mol. The van der Waals surface area contributed by atoms with Gasteiger partial charge in [-0.05, 0) is 79.3 Å². The van der Waals surface area contributed by atoms with Crippen molar-refractivity contribution in [2.75, 3.05) is 0 Å². The number of aromatic nitrogens is 3. The van der Waals surface area contributed by atoms with Gasteiger partial charge in [0.25, 0.3) is 0 Å². The Hall–Kier alpha value is -4.90. The topological polar surface area (TPSA) is 64.1 Å². The number of phenolic OH excluding ortho intramolecular Hbond substituents is 1. The van der Waals surface area contributed by atoms with Crippen molar-refractivity contribution in [3.05, 3.63) is 102 Å². The van der Waals surface area contributed by atoms with Crippen LogP contribution in [0.25, 0.3) is 66.7 Å². The minimum atomic E-state index is -0.306. The van der Waals surface area contributed by atoms with Crippen LogP contribution in [-0.4, -0.2) is 19.6 Å². The molecule has 0 spiro atoms. The molecule has 7 aromatic rings. The highest BCUT2D eigenvalue weighted by atomic mass is 16.3. The summed E-state index contributed by atoms with van der Waals surface area (Å²) in [6.07, 6.45) is 0. The average Bonchev–Trinajstić information content (AvgIpc) is 3.59. The maximum absolute atomic E-state index is 11.2. The zero-order valence-electron chi connectivity index (χ0n) is 27.8. The van der Waals surface area contributed by atoms with Crippen molar-refractivity contribution >= 4 is 33.0 Å². The van der Waals surface area contributed by atoms with E-state index < -0.39 is 0 Å². The van der Waals surface area contributed by atoms with Gasteiger partial charge in [0.1, 0.15) is 17.2 Å². The molecule has 0 atom stereocenters. The number of hydrogen-bond acceptors (Lipinski definition) is 4. The second-order valence-electron chi connectivity index (χ2n) is 14.9. The van der Waals surface area contributed by atoms with Gasteiger partial charge in [0.15, 0.2) is 5.58 Å². The van der Waals surface area contributed by atoms with Crippen molar-refractivity contribution in [1.82, 2.24) is 14.5 Å². The Morgan fingerprint density at radius 3 is 2.30 bits per heavy atom. The van der Waals surface area contributed by atoms with Crippen LogP contribution in [-0.2, 0) is 16.4 Å². The number of imidazole rings is 1. The van der Waals surface area contributed by atoms with Gasteiger partial charge in [-0.25, -0.2) is 9.97 Å². The fraction of sp³-hybridized carbons (Fsp3) is 0.268. The third-order valence-corrected chi connectivity index (χ3v) is 10.7. The van der Waals surface area contributed by atoms with Crippen LogP contribution in [0.3, 0.4) is 0 Å². The molecular formula is C41H39N3O2. The van der Waals surface area contributed by atoms with E-state index in [9.17, 15) is 5.11 Å². The van der Waals surface area contributed by atoms with Crippen molar-refractivity contribution in [3.63, 3.8) is 0 Å². The molecule has 5 nitrogen and oxygen atoms in total. The number of furan rings is 1. The first-order valence-electron chi connectivity index (χ1n) is 16.1. The van der Waals surface area contributed by atoms with Crippen LogP contribution in [0.1, 0.15) is 65.3 Å². The highest BCUT2D eigenvalue weighted by Crippen LogP contribution is 2.54. The Balaban J connectivity index is 1.40. The van der Waals surface area contributed by atoms with E-state index in [1.54, 1.807) is 6.07 Å². The molecule has 1 N–H and O–H groups in total.